The van der Waals surface area contributed by atoms with Crippen LogP contribution in [-0.4, -0.2) is 88.6 Å². The Kier molecular flexibility index (Phi) is 6.60. The van der Waals surface area contributed by atoms with E-state index >= 15 is 0 Å². The molecule has 0 spiro atoms. The lowest BCUT2D eigenvalue weighted by atomic mass is 10.0. The minimum absolute atomic E-state index is 0.0403. The van der Waals surface area contributed by atoms with E-state index in [2.05, 4.69) is 14.9 Å². The summed E-state index contributed by atoms with van der Waals surface area (Å²) in [5.41, 5.74) is 1.22. The molecule has 0 saturated carbocycles. The molecule has 0 aromatic carbocycles. The molecular formula is C19H29N5O3. The lowest BCUT2D eigenvalue weighted by molar-refractivity contribution is 0.0701. The van der Waals surface area contributed by atoms with Crippen LogP contribution >= 0.6 is 0 Å². The minimum Gasteiger partial charge on any atom is -0.450 e. The number of aromatic nitrogens is 2. The Bertz CT molecular complexity index is 643. The van der Waals surface area contributed by atoms with E-state index in [-0.39, 0.29) is 12.0 Å². The van der Waals surface area contributed by atoms with Crippen molar-refractivity contribution in [2.75, 3.05) is 45.9 Å². The predicted octanol–water partition coefficient (Wildman–Crippen LogP) is 1.55. The fraction of sp³-hybridized carbons (Fsp3) is 0.684. The Morgan fingerprint density at radius 3 is 2.48 bits per heavy atom. The van der Waals surface area contributed by atoms with Gasteiger partial charge in [-0.3, -0.25) is 14.7 Å². The van der Waals surface area contributed by atoms with Gasteiger partial charge in [0.25, 0.3) is 5.91 Å². The van der Waals surface area contributed by atoms with Gasteiger partial charge in [-0.2, -0.15) is 0 Å². The van der Waals surface area contributed by atoms with E-state index in [4.69, 9.17) is 4.74 Å². The van der Waals surface area contributed by atoms with Crippen molar-refractivity contribution in [2.45, 2.75) is 39.2 Å². The number of hydrogen-bond donors (Lipinski definition) is 0. The molecule has 2 amide bonds. The van der Waals surface area contributed by atoms with Crippen molar-refractivity contribution in [1.29, 1.82) is 0 Å². The van der Waals surface area contributed by atoms with Crippen LogP contribution in [0.5, 0.6) is 0 Å². The van der Waals surface area contributed by atoms with E-state index in [9.17, 15) is 9.59 Å². The maximum absolute atomic E-state index is 12.7. The van der Waals surface area contributed by atoms with Gasteiger partial charge in [-0.15, -0.1) is 0 Å². The van der Waals surface area contributed by atoms with Gasteiger partial charge < -0.3 is 14.5 Å². The molecule has 2 saturated heterocycles. The molecule has 8 nitrogen and oxygen atoms in total. The SMILES string of the molecule is CCOC(=O)N1CCC(N2CCCN(C(=O)c3cnc(C)cn3)CC2)CC1. The van der Waals surface area contributed by atoms with E-state index in [0.29, 0.717) is 24.9 Å². The first-order chi connectivity index (χ1) is 13.1. The third-order valence-corrected chi connectivity index (χ3v) is 5.32. The van der Waals surface area contributed by atoms with Crippen LogP contribution in [0.1, 0.15) is 42.4 Å². The number of aryl methyl sites for hydroxylation is 1. The molecule has 3 heterocycles. The number of amides is 2. The van der Waals surface area contributed by atoms with E-state index < -0.39 is 0 Å². The number of hydrogen-bond acceptors (Lipinski definition) is 6. The van der Waals surface area contributed by atoms with Crippen LogP contribution in [-0.2, 0) is 4.74 Å². The second kappa shape index (κ2) is 9.12. The van der Waals surface area contributed by atoms with Crippen molar-refractivity contribution < 1.29 is 14.3 Å². The van der Waals surface area contributed by atoms with Crippen LogP contribution in [0.3, 0.4) is 0 Å². The summed E-state index contributed by atoms with van der Waals surface area (Å²) < 4.78 is 5.09. The molecule has 27 heavy (non-hydrogen) atoms. The smallest absolute Gasteiger partial charge is 0.409 e. The van der Waals surface area contributed by atoms with Crippen molar-refractivity contribution in [3.8, 4) is 0 Å². The number of ether oxygens (including phenoxy) is 1. The second-order valence-electron chi connectivity index (χ2n) is 7.14. The quantitative estimate of drug-likeness (QED) is 0.798. The lowest BCUT2D eigenvalue weighted by Gasteiger charge is -2.37. The van der Waals surface area contributed by atoms with E-state index in [1.165, 1.54) is 0 Å². The third kappa shape index (κ3) is 4.94. The van der Waals surface area contributed by atoms with E-state index in [1.807, 2.05) is 18.7 Å². The summed E-state index contributed by atoms with van der Waals surface area (Å²) in [4.78, 5) is 39.1. The molecule has 2 aliphatic rings. The van der Waals surface area contributed by atoms with Crippen molar-refractivity contribution in [1.82, 2.24) is 24.7 Å². The summed E-state index contributed by atoms with van der Waals surface area (Å²) in [7, 11) is 0. The normalized spacial score (nSPS) is 19.6. The first kappa shape index (κ1) is 19.5. The topological polar surface area (TPSA) is 78.9 Å². The van der Waals surface area contributed by atoms with Gasteiger partial charge in [0.1, 0.15) is 5.69 Å². The van der Waals surface area contributed by atoms with Crippen LogP contribution in [0, 0.1) is 6.92 Å². The molecule has 0 bridgehead atoms. The molecule has 2 fully saturated rings. The van der Waals surface area contributed by atoms with Crippen molar-refractivity contribution >= 4 is 12.0 Å². The number of rotatable bonds is 3. The highest BCUT2D eigenvalue weighted by Crippen LogP contribution is 2.19. The Hall–Kier alpha value is -2.22. The number of piperidine rings is 1. The summed E-state index contributed by atoms with van der Waals surface area (Å²) in [5.74, 6) is -0.0403. The van der Waals surface area contributed by atoms with Crippen molar-refractivity contribution in [3.63, 3.8) is 0 Å². The third-order valence-electron chi connectivity index (χ3n) is 5.32. The highest BCUT2D eigenvalue weighted by molar-refractivity contribution is 5.92. The van der Waals surface area contributed by atoms with Crippen molar-refractivity contribution in [3.05, 3.63) is 23.8 Å². The first-order valence-corrected chi connectivity index (χ1v) is 9.82. The summed E-state index contributed by atoms with van der Waals surface area (Å²) in [6.45, 7) is 8.86. The average molecular weight is 375 g/mol. The Morgan fingerprint density at radius 2 is 1.81 bits per heavy atom. The molecule has 0 unspecified atom stereocenters. The molecule has 2 aliphatic heterocycles. The molecule has 0 atom stereocenters. The molecule has 0 radical (unpaired) electrons. The summed E-state index contributed by atoms with van der Waals surface area (Å²) >= 11 is 0. The van der Waals surface area contributed by atoms with Crippen LogP contribution in [0.4, 0.5) is 4.79 Å². The first-order valence-electron chi connectivity index (χ1n) is 9.82. The minimum atomic E-state index is -0.206. The molecule has 8 heteroatoms. The van der Waals surface area contributed by atoms with Gasteiger partial charge in [-0.1, -0.05) is 0 Å². The zero-order valence-corrected chi connectivity index (χ0v) is 16.3. The Labute approximate surface area is 160 Å². The highest BCUT2D eigenvalue weighted by Gasteiger charge is 2.29. The number of nitrogens with zero attached hydrogens (tertiary/aromatic N) is 5. The monoisotopic (exact) mass is 375 g/mol. The second-order valence-corrected chi connectivity index (χ2v) is 7.14. The number of carbonyl (C=O) groups excluding carboxylic acids is 2. The zero-order valence-electron chi connectivity index (χ0n) is 16.3. The van der Waals surface area contributed by atoms with Gasteiger partial charge >= 0.3 is 6.09 Å². The number of carbonyl (C=O) groups is 2. The lowest BCUT2D eigenvalue weighted by Crippen LogP contribution is -2.48. The molecule has 3 rings (SSSR count). The summed E-state index contributed by atoms with van der Waals surface area (Å²) in [6, 6.07) is 0.463. The molecule has 148 valence electrons. The largest absolute Gasteiger partial charge is 0.450 e. The molecular weight excluding hydrogens is 346 g/mol. The Morgan fingerprint density at radius 1 is 1.04 bits per heavy atom. The van der Waals surface area contributed by atoms with Gasteiger partial charge in [0.15, 0.2) is 0 Å². The molecule has 1 aromatic rings. The summed E-state index contributed by atoms with van der Waals surface area (Å²) in [6.07, 6.45) is 5.85. The van der Waals surface area contributed by atoms with Gasteiger partial charge in [0, 0.05) is 51.5 Å². The van der Waals surface area contributed by atoms with Gasteiger partial charge in [-0.25, -0.2) is 9.78 Å². The van der Waals surface area contributed by atoms with Gasteiger partial charge in [-0.05, 0) is 33.1 Å². The van der Waals surface area contributed by atoms with Crippen LogP contribution in [0.25, 0.3) is 0 Å². The van der Waals surface area contributed by atoms with Crippen LogP contribution < -0.4 is 0 Å². The van der Waals surface area contributed by atoms with Gasteiger partial charge in [0.2, 0.25) is 0 Å². The van der Waals surface area contributed by atoms with Crippen LogP contribution in [0.2, 0.25) is 0 Å². The standard InChI is InChI=1S/C19H29N5O3/c1-3-27-19(26)24-9-5-16(6-10-24)22-7-4-8-23(12-11-22)18(25)17-14-20-15(2)13-21-17/h13-14,16H,3-12H2,1-2H3. The van der Waals surface area contributed by atoms with Gasteiger partial charge in [0.05, 0.1) is 18.5 Å². The maximum Gasteiger partial charge on any atom is 0.409 e. The zero-order chi connectivity index (χ0) is 19.2. The molecule has 0 N–H and O–H groups in total. The maximum atomic E-state index is 12.7. The average Bonchev–Trinajstić information content (AvgIpc) is 2.94. The predicted molar refractivity (Wildman–Crippen MR) is 100 cm³/mol. The fourth-order valence-corrected chi connectivity index (χ4v) is 3.80. The molecule has 0 aliphatic carbocycles. The highest BCUT2D eigenvalue weighted by atomic mass is 16.6. The van der Waals surface area contributed by atoms with Crippen LogP contribution in [0.15, 0.2) is 12.4 Å². The molecule has 1 aromatic heterocycles. The van der Waals surface area contributed by atoms with Crippen molar-refractivity contribution in [2.24, 2.45) is 0 Å². The van der Waals surface area contributed by atoms with E-state index in [0.717, 1.165) is 57.7 Å². The fourth-order valence-electron chi connectivity index (χ4n) is 3.80. The summed E-state index contributed by atoms with van der Waals surface area (Å²) in [5, 5.41) is 0. The van der Waals surface area contributed by atoms with E-state index in [1.54, 1.807) is 17.3 Å². The number of likely N-dealkylation sites (tertiary alicyclic amines) is 1. The Balaban J connectivity index is 1.51.